The number of hydrogen-bond acceptors (Lipinski definition) is 4. The first-order valence-corrected chi connectivity index (χ1v) is 6.94. The number of non-ortho nitro benzene ring substituents is 1. The van der Waals surface area contributed by atoms with Crippen molar-refractivity contribution in [3.63, 3.8) is 0 Å². The Morgan fingerprint density at radius 3 is 2.82 bits per heavy atom. The molecule has 0 amide bonds. The van der Waals surface area contributed by atoms with Gasteiger partial charge in [0.2, 0.25) is 0 Å². The highest BCUT2D eigenvalue weighted by molar-refractivity contribution is 7.98. The second-order valence-corrected chi connectivity index (χ2v) is 5.07. The van der Waals surface area contributed by atoms with Crippen LogP contribution in [0.2, 0.25) is 0 Å². The van der Waals surface area contributed by atoms with Crippen molar-refractivity contribution in [3.8, 4) is 0 Å². The fourth-order valence-electron chi connectivity index (χ4n) is 1.51. The lowest BCUT2D eigenvalue weighted by atomic mass is 10.1. The molecule has 0 aliphatic carbocycles. The zero-order valence-electron chi connectivity index (χ0n) is 10.4. The van der Waals surface area contributed by atoms with Gasteiger partial charge in [0, 0.05) is 23.9 Å². The highest BCUT2D eigenvalue weighted by Gasteiger charge is 2.10. The minimum atomic E-state index is -0.364. The van der Waals surface area contributed by atoms with Crippen LogP contribution in [0.25, 0.3) is 0 Å². The van der Waals surface area contributed by atoms with E-state index in [1.165, 1.54) is 6.07 Å². The summed E-state index contributed by atoms with van der Waals surface area (Å²) in [5.41, 5.74) is 2.02. The number of nitrogens with zero attached hydrogens (tertiary/aromatic N) is 1. The molecule has 0 saturated heterocycles. The van der Waals surface area contributed by atoms with Gasteiger partial charge in [0.25, 0.3) is 5.69 Å². The van der Waals surface area contributed by atoms with Crippen LogP contribution in [0, 0.1) is 17.0 Å². The van der Waals surface area contributed by atoms with E-state index in [9.17, 15) is 10.1 Å². The molecule has 0 aromatic heterocycles. The van der Waals surface area contributed by atoms with Gasteiger partial charge in [-0.05, 0) is 37.8 Å². The van der Waals surface area contributed by atoms with Crippen LogP contribution in [0.1, 0.15) is 18.9 Å². The zero-order chi connectivity index (χ0) is 12.8. The van der Waals surface area contributed by atoms with Crippen LogP contribution in [0.3, 0.4) is 0 Å². The molecule has 0 saturated carbocycles. The first-order chi connectivity index (χ1) is 8.04. The molecule has 0 radical (unpaired) electrons. The minimum absolute atomic E-state index is 0.134. The van der Waals surface area contributed by atoms with Crippen molar-refractivity contribution in [2.24, 2.45) is 0 Å². The number of thioether (sulfide) groups is 1. The maximum absolute atomic E-state index is 10.7. The molecule has 94 valence electrons. The predicted octanol–water partition coefficient (Wildman–Crippen LogP) is 3.46. The van der Waals surface area contributed by atoms with E-state index >= 15 is 0 Å². The largest absolute Gasteiger partial charge is 0.382 e. The molecule has 1 atom stereocenters. The Bertz CT molecular complexity index is 396. The summed E-state index contributed by atoms with van der Waals surface area (Å²) in [5.74, 6) is 1.09. The van der Waals surface area contributed by atoms with Gasteiger partial charge in [-0.25, -0.2) is 0 Å². The van der Waals surface area contributed by atoms with E-state index in [0.717, 1.165) is 23.4 Å². The molecule has 0 aliphatic rings. The third-order valence-corrected chi connectivity index (χ3v) is 3.23. The van der Waals surface area contributed by atoms with Gasteiger partial charge < -0.3 is 5.32 Å². The van der Waals surface area contributed by atoms with Crippen LogP contribution in [0.15, 0.2) is 18.2 Å². The second-order valence-electron chi connectivity index (χ2n) is 4.08. The molecular formula is C12H18N2O2S. The SMILES string of the molecule is CSCCC(C)Nc1cc([N+](=O)[O-])ccc1C. The first kappa shape index (κ1) is 13.8. The van der Waals surface area contributed by atoms with Gasteiger partial charge >= 0.3 is 0 Å². The van der Waals surface area contributed by atoms with Crippen LogP contribution in [0.4, 0.5) is 11.4 Å². The van der Waals surface area contributed by atoms with E-state index in [1.807, 2.05) is 6.92 Å². The molecule has 0 spiro atoms. The topological polar surface area (TPSA) is 55.2 Å². The fourth-order valence-corrected chi connectivity index (χ4v) is 2.10. The second kappa shape index (κ2) is 6.49. The zero-order valence-corrected chi connectivity index (χ0v) is 11.2. The number of benzene rings is 1. The van der Waals surface area contributed by atoms with Crippen molar-refractivity contribution in [1.29, 1.82) is 0 Å². The number of aryl methyl sites for hydroxylation is 1. The van der Waals surface area contributed by atoms with Gasteiger partial charge in [-0.2, -0.15) is 11.8 Å². The summed E-state index contributed by atoms with van der Waals surface area (Å²) in [5, 5.41) is 14.0. The number of rotatable bonds is 6. The lowest BCUT2D eigenvalue weighted by molar-refractivity contribution is -0.384. The van der Waals surface area contributed by atoms with Crippen LogP contribution in [-0.4, -0.2) is 23.0 Å². The number of nitro benzene ring substituents is 1. The average Bonchev–Trinajstić information content (AvgIpc) is 2.29. The Morgan fingerprint density at radius 2 is 2.24 bits per heavy atom. The lowest BCUT2D eigenvalue weighted by Gasteiger charge is -2.16. The summed E-state index contributed by atoms with van der Waals surface area (Å²) in [4.78, 5) is 10.3. The molecule has 4 nitrogen and oxygen atoms in total. The van der Waals surface area contributed by atoms with E-state index in [0.29, 0.717) is 6.04 Å². The quantitative estimate of drug-likeness (QED) is 0.624. The summed E-state index contributed by atoms with van der Waals surface area (Å²) in [6, 6.07) is 5.24. The molecule has 0 heterocycles. The summed E-state index contributed by atoms with van der Waals surface area (Å²) in [7, 11) is 0. The van der Waals surface area contributed by atoms with Gasteiger partial charge in [-0.1, -0.05) is 6.07 Å². The normalized spacial score (nSPS) is 12.2. The van der Waals surface area contributed by atoms with Gasteiger partial charge in [0.1, 0.15) is 0 Å². The molecule has 1 unspecified atom stereocenters. The highest BCUT2D eigenvalue weighted by atomic mass is 32.2. The predicted molar refractivity (Wildman–Crippen MR) is 73.9 cm³/mol. The first-order valence-electron chi connectivity index (χ1n) is 5.55. The lowest BCUT2D eigenvalue weighted by Crippen LogP contribution is -2.16. The molecule has 1 rings (SSSR count). The monoisotopic (exact) mass is 254 g/mol. The Hall–Kier alpha value is -1.23. The molecule has 17 heavy (non-hydrogen) atoms. The van der Waals surface area contributed by atoms with Crippen molar-refractivity contribution in [1.82, 2.24) is 0 Å². The van der Waals surface area contributed by atoms with Gasteiger partial charge in [-0.3, -0.25) is 10.1 Å². The van der Waals surface area contributed by atoms with Crippen molar-refractivity contribution in [3.05, 3.63) is 33.9 Å². The maximum Gasteiger partial charge on any atom is 0.271 e. The Balaban J connectivity index is 2.75. The van der Waals surface area contributed by atoms with Crippen molar-refractivity contribution in [2.45, 2.75) is 26.3 Å². The van der Waals surface area contributed by atoms with Crippen molar-refractivity contribution >= 4 is 23.1 Å². The summed E-state index contributed by atoms with van der Waals surface area (Å²) < 4.78 is 0. The molecule has 0 bridgehead atoms. The Morgan fingerprint density at radius 1 is 1.53 bits per heavy atom. The van der Waals surface area contributed by atoms with Gasteiger partial charge in [-0.15, -0.1) is 0 Å². The fraction of sp³-hybridized carbons (Fsp3) is 0.500. The Labute approximate surface area is 106 Å². The molecule has 0 fully saturated rings. The van der Waals surface area contributed by atoms with Gasteiger partial charge in [0.15, 0.2) is 0 Å². The smallest absolute Gasteiger partial charge is 0.271 e. The van der Waals surface area contributed by atoms with E-state index < -0.39 is 0 Å². The van der Waals surface area contributed by atoms with Gasteiger partial charge in [0.05, 0.1) is 4.92 Å². The van der Waals surface area contributed by atoms with Crippen molar-refractivity contribution in [2.75, 3.05) is 17.3 Å². The number of nitrogens with one attached hydrogen (secondary N) is 1. The average molecular weight is 254 g/mol. The highest BCUT2D eigenvalue weighted by Crippen LogP contribution is 2.23. The molecule has 1 aromatic rings. The molecule has 1 N–H and O–H groups in total. The standard InChI is InChI=1S/C12H18N2O2S/c1-9-4-5-11(14(15)16)8-12(9)13-10(2)6-7-17-3/h4-5,8,10,13H,6-7H2,1-3H3. The number of hydrogen-bond donors (Lipinski definition) is 1. The molecule has 5 heteroatoms. The van der Waals surface area contributed by atoms with E-state index in [-0.39, 0.29) is 10.6 Å². The van der Waals surface area contributed by atoms with Crippen LogP contribution in [-0.2, 0) is 0 Å². The minimum Gasteiger partial charge on any atom is -0.382 e. The van der Waals surface area contributed by atoms with Crippen LogP contribution < -0.4 is 5.32 Å². The third kappa shape index (κ3) is 4.26. The molecule has 1 aromatic carbocycles. The van der Waals surface area contributed by atoms with Crippen LogP contribution >= 0.6 is 11.8 Å². The van der Waals surface area contributed by atoms with Crippen LogP contribution in [0.5, 0.6) is 0 Å². The Kier molecular flexibility index (Phi) is 5.28. The molecular weight excluding hydrogens is 236 g/mol. The summed E-state index contributed by atoms with van der Waals surface area (Å²) in [6.07, 6.45) is 3.12. The summed E-state index contributed by atoms with van der Waals surface area (Å²) >= 11 is 1.80. The van der Waals surface area contributed by atoms with E-state index in [2.05, 4.69) is 18.5 Å². The number of anilines is 1. The number of nitro groups is 1. The van der Waals surface area contributed by atoms with Crippen molar-refractivity contribution < 1.29 is 4.92 Å². The van der Waals surface area contributed by atoms with E-state index in [1.54, 1.807) is 23.9 Å². The summed E-state index contributed by atoms with van der Waals surface area (Å²) in [6.45, 7) is 4.04. The van der Waals surface area contributed by atoms with E-state index in [4.69, 9.17) is 0 Å². The molecule has 0 aliphatic heterocycles. The maximum atomic E-state index is 10.7. The third-order valence-electron chi connectivity index (χ3n) is 2.59.